The molecule has 2 aromatic heterocycles. The average molecular weight is 461 g/mol. The number of unbranched alkanes of at least 4 members (excludes halogenated alkanes) is 3. The van der Waals surface area contributed by atoms with Gasteiger partial charge in [-0.2, -0.15) is 9.97 Å². The summed E-state index contributed by atoms with van der Waals surface area (Å²) in [6, 6.07) is 0.247. The maximum Gasteiger partial charge on any atom is 0.327 e. The Bertz CT molecular complexity index is 896. The summed E-state index contributed by atoms with van der Waals surface area (Å²) in [5.74, 6) is 1.97. The number of anilines is 1. The number of ether oxygens (including phenoxy) is 1. The lowest BCUT2D eigenvalue weighted by Crippen LogP contribution is -2.37. The second-order valence-corrected chi connectivity index (χ2v) is 9.65. The molecule has 0 unspecified atom stereocenters. The number of hydrogen-bond donors (Lipinski definition) is 2. The van der Waals surface area contributed by atoms with Crippen molar-refractivity contribution in [3.8, 4) is 6.01 Å². The molecule has 0 saturated carbocycles. The van der Waals surface area contributed by atoms with E-state index in [1.807, 2.05) is 0 Å². The molecule has 3 heterocycles. The van der Waals surface area contributed by atoms with Crippen molar-refractivity contribution in [3.63, 3.8) is 0 Å². The van der Waals surface area contributed by atoms with Crippen LogP contribution in [0.25, 0.3) is 11.2 Å². The Labute approximate surface area is 198 Å². The lowest BCUT2D eigenvalue weighted by molar-refractivity contribution is 0.151. The van der Waals surface area contributed by atoms with E-state index in [4.69, 9.17) is 10.5 Å². The van der Waals surface area contributed by atoms with Crippen molar-refractivity contribution in [2.75, 3.05) is 32.0 Å². The van der Waals surface area contributed by atoms with Crippen LogP contribution in [-0.4, -0.2) is 50.7 Å². The van der Waals surface area contributed by atoms with Gasteiger partial charge in [-0.25, -0.2) is 4.79 Å². The summed E-state index contributed by atoms with van der Waals surface area (Å²) < 4.78 is 7.29. The first-order valence-corrected chi connectivity index (χ1v) is 13.2. The SMILES string of the molecule is CCCCOc1nc(N)c2[nH]c(=O)n(CCCCCC3CCN(CC(CC)CC)CC3)c2n1. The van der Waals surface area contributed by atoms with Gasteiger partial charge in [-0.3, -0.25) is 4.57 Å². The number of nitrogens with one attached hydrogen (secondary N) is 1. The topological polar surface area (TPSA) is 102 Å². The number of imidazole rings is 1. The van der Waals surface area contributed by atoms with E-state index in [0.717, 1.165) is 37.5 Å². The lowest BCUT2D eigenvalue weighted by atomic mass is 9.90. The minimum absolute atomic E-state index is 0.179. The third-order valence-electron chi connectivity index (χ3n) is 7.23. The number of H-pyrrole nitrogens is 1. The second-order valence-electron chi connectivity index (χ2n) is 9.65. The van der Waals surface area contributed by atoms with E-state index in [-0.39, 0.29) is 17.5 Å². The van der Waals surface area contributed by atoms with Gasteiger partial charge < -0.3 is 20.4 Å². The average Bonchev–Trinajstić information content (AvgIpc) is 3.14. The van der Waals surface area contributed by atoms with Crippen LogP contribution in [0, 0.1) is 11.8 Å². The highest BCUT2D eigenvalue weighted by atomic mass is 16.5. The van der Waals surface area contributed by atoms with E-state index < -0.39 is 0 Å². The zero-order valence-electron chi connectivity index (χ0n) is 20.9. The fourth-order valence-corrected chi connectivity index (χ4v) is 4.86. The predicted molar refractivity (Wildman–Crippen MR) is 135 cm³/mol. The number of hydrogen-bond acceptors (Lipinski definition) is 6. The molecule has 0 spiro atoms. The third-order valence-corrected chi connectivity index (χ3v) is 7.23. The van der Waals surface area contributed by atoms with Crippen LogP contribution >= 0.6 is 0 Å². The molecule has 0 aliphatic carbocycles. The highest BCUT2D eigenvalue weighted by molar-refractivity contribution is 5.81. The van der Waals surface area contributed by atoms with Crippen molar-refractivity contribution in [3.05, 3.63) is 10.5 Å². The minimum Gasteiger partial charge on any atom is -0.463 e. The van der Waals surface area contributed by atoms with Crippen LogP contribution in [-0.2, 0) is 6.54 Å². The summed E-state index contributed by atoms with van der Waals surface area (Å²) in [6.45, 7) is 11.7. The first-order valence-electron chi connectivity index (χ1n) is 13.2. The Kier molecular flexibility index (Phi) is 10.0. The molecular formula is C25H44N6O2. The molecule has 0 atom stereocenters. The minimum atomic E-state index is -0.179. The van der Waals surface area contributed by atoms with Gasteiger partial charge >= 0.3 is 11.7 Å². The number of fused-ring (bicyclic) bond motifs is 1. The Morgan fingerprint density at radius 2 is 1.85 bits per heavy atom. The molecule has 1 saturated heterocycles. The molecule has 0 aromatic carbocycles. The molecule has 186 valence electrons. The quantitative estimate of drug-likeness (QED) is 0.400. The fourth-order valence-electron chi connectivity index (χ4n) is 4.86. The van der Waals surface area contributed by atoms with Crippen LogP contribution in [0.5, 0.6) is 6.01 Å². The van der Waals surface area contributed by atoms with Gasteiger partial charge in [-0.05, 0) is 50.6 Å². The van der Waals surface area contributed by atoms with Gasteiger partial charge in [-0.15, -0.1) is 0 Å². The summed E-state index contributed by atoms with van der Waals surface area (Å²) in [5, 5.41) is 0. The molecule has 33 heavy (non-hydrogen) atoms. The van der Waals surface area contributed by atoms with Crippen molar-refractivity contribution >= 4 is 17.0 Å². The molecule has 8 nitrogen and oxygen atoms in total. The number of nitrogen functional groups attached to an aromatic ring is 1. The number of piperidine rings is 1. The van der Waals surface area contributed by atoms with E-state index in [1.165, 1.54) is 58.2 Å². The van der Waals surface area contributed by atoms with Crippen LogP contribution in [0.3, 0.4) is 0 Å². The van der Waals surface area contributed by atoms with Crippen molar-refractivity contribution in [2.24, 2.45) is 11.8 Å². The molecule has 1 aliphatic rings. The molecule has 8 heteroatoms. The number of aryl methyl sites for hydroxylation is 1. The summed E-state index contributed by atoms with van der Waals surface area (Å²) in [7, 11) is 0. The molecule has 1 fully saturated rings. The molecule has 0 bridgehead atoms. The van der Waals surface area contributed by atoms with Crippen LogP contribution in [0.4, 0.5) is 5.82 Å². The molecular weight excluding hydrogens is 416 g/mol. The molecule has 0 amide bonds. The number of nitrogens with zero attached hydrogens (tertiary/aromatic N) is 4. The molecule has 2 aromatic rings. The maximum atomic E-state index is 12.5. The smallest absolute Gasteiger partial charge is 0.327 e. The van der Waals surface area contributed by atoms with Gasteiger partial charge in [0.05, 0.1) is 6.61 Å². The first kappa shape index (κ1) is 25.5. The molecule has 3 rings (SSSR count). The summed E-state index contributed by atoms with van der Waals surface area (Å²) in [6.07, 6.45) is 11.8. The molecule has 1 aliphatic heterocycles. The number of likely N-dealkylation sites (tertiary alicyclic amines) is 1. The van der Waals surface area contributed by atoms with Gasteiger partial charge in [0, 0.05) is 13.1 Å². The number of nitrogens with two attached hydrogens (primary N) is 1. The summed E-state index contributed by atoms with van der Waals surface area (Å²) in [4.78, 5) is 26.6. The Morgan fingerprint density at radius 3 is 2.55 bits per heavy atom. The van der Waals surface area contributed by atoms with E-state index in [1.54, 1.807) is 4.57 Å². The normalized spacial score (nSPS) is 15.6. The number of rotatable bonds is 14. The van der Waals surface area contributed by atoms with E-state index in [2.05, 4.69) is 40.6 Å². The summed E-state index contributed by atoms with van der Waals surface area (Å²) >= 11 is 0. The second kappa shape index (κ2) is 13.0. The van der Waals surface area contributed by atoms with Crippen LogP contribution in [0.1, 0.15) is 85.0 Å². The van der Waals surface area contributed by atoms with Crippen molar-refractivity contribution in [1.82, 2.24) is 24.4 Å². The van der Waals surface area contributed by atoms with Gasteiger partial charge in [-0.1, -0.05) is 59.3 Å². The standard InChI is InChI=1S/C25H44N6O2/c1-4-7-17-33-24-28-22(26)21-23(29-24)31(25(32)27-21)14-10-8-9-11-20-12-15-30(16-13-20)18-19(5-2)6-3/h19-20H,4-18H2,1-3H3,(H,27,32)(H2,26,28,29). The van der Waals surface area contributed by atoms with Crippen molar-refractivity contribution in [1.29, 1.82) is 0 Å². The van der Waals surface area contributed by atoms with Crippen LogP contribution < -0.4 is 16.2 Å². The fraction of sp³-hybridized carbons (Fsp3) is 0.800. The summed E-state index contributed by atoms with van der Waals surface area (Å²) in [5.41, 5.74) is 6.91. The lowest BCUT2D eigenvalue weighted by Gasteiger charge is -2.34. The highest BCUT2D eigenvalue weighted by Gasteiger charge is 2.20. The van der Waals surface area contributed by atoms with Gasteiger partial charge in [0.25, 0.3) is 0 Å². The molecule has 0 radical (unpaired) electrons. The third kappa shape index (κ3) is 7.19. The van der Waals surface area contributed by atoms with Gasteiger partial charge in [0.2, 0.25) is 0 Å². The van der Waals surface area contributed by atoms with Gasteiger partial charge in [0.15, 0.2) is 11.5 Å². The number of aromatic amines is 1. The Morgan fingerprint density at radius 1 is 1.09 bits per heavy atom. The monoisotopic (exact) mass is 460 g/mol. The Hall–Kier alpha value is -2.09. The zero-order valence-corrected chi connectivity index (χ0v) is 20.9. The predicted octanol–water partition coefficient (Wildman–Crippen LogP) is 4.59. The van der Waals surface area contributed by atoms with Crippen LogP contribution in [0.2, 0.25) is 0 Å². The molecule has 3 N–H and O–H groups in total. The highest BCUT2D eigenvalue weighted by Crippen LogP contribution is 2.25. The van der Waals surface area contributed by atoms with E-state index in [0.29, 0.717) is 24.3 Å². The van der Waals surface area contributed by atoms with Crippen molar-refractivity contribution in [2.45, 2.75) is 91.5 Å². The van der Waals surface area contributed by atoms with E-state index >= 15 is 0 Å². The largest absolute Gasteiger partial charge is 0.463 e. The van der Waals surface area contributed by atoms with E-state index in [9.17, 15) is 4.79 Å². The maximum absolute atomic E-state index is 12.5. The Balaban J connectivity index is 1.43. The van der Waals surface area contributed by atoms with Crippen LogP contribution in [0.15, 0.2) is 4.79 Å². The zero-order chi connectivity index (χ0) is 23.6. The van der Waals surface area contributed by atoms with Crippen molar-refractivity contribution < 1.29 is 4.74 Å². The number of aromatic nitrogens is 4. The van der Waals surface area contributed by atoms with Gasteiger partial charge in [0.1, 0.15) is 5.52 Å². The first-order chi connectivity index (χ1) is 16.0.